The van der Waals surface area contributed by atoms with Crippen LogP contribution < -0.4 is 5.32 Å². The third-order valence-electron chi connectivity index (χ3n) is 4.79. The van der Waals surface area contributed by atoms with E-state index in [1.54, 1.807) is 11.9 Å². The Morgan fingerprint density at radius 3 is 2.43 bits per heavy atom. The van der Waals surface area contributed by atoms with Crippen LogP contribution in [0.2, 0.25) is 0 Å². The summed E-state index contributed by atoms with van der Waals surface area (Å²) < 4.78 is 0. The largest absolute Gasteiger partial charge is 0.343 e. The van der Waals surface area contributed by atoms with E-state index in [1.807, 2.05) is 0 Å². The molecular weight excluding hydrogens is 294 g/mol. The molecule has 7 heteroatoms. The van der Waals surface area contributed by atoms with Gasteiger partial charge in [0.1, 0.15) is 0 Å². The molecule has 2 fully saturated rings. The number of guanidine groups is 1. The maximum atomic E-state index is 12.4. The van der Waals surface area contributed by atoms with Crippen molar-refractivity contribution in [1.29, 1.82) is 0 Å². The Balaban J connectivity index is 1.91. The summed E-state index contributed by atoms with van der Waals surface area (Å²) in [7, 11) is 1.71. The first-order valence-electron chi connectivity index (χ1n) is 8.66. The minimum Gasteiger partial charge on any atom is -0.343 e. The van der Waals surface area contributed by atoms with Crippen LogP contribution in [0, 0.1) is 5.92 Å². The third kappa shape index (κ3) is 3.01. The molecule has 2 unspecified atom stereocenters. The summed E-state index contributed by atoms with van der Waals surface area (Å²) in [5.41, 5.74) is 0. The van der Waals surface area contributed by atoms with Crippen molar-refractivity contribution in [2.75, 3.05) is 26.7 Å². The molecule has 3 rings (SSSR count). The minimum atomic E-state index is -0.409. The number of amides is 3. The number of hydrogen-bond acceptors (Lipinski definition) is 5. The van der Waals surface area contributed by atoms with Crippen molar-refractivity contribution in [3.63, 3.8) is 0 Å². The van der Waals surface area contributed by atoms with Crippen LogP contribution in [0.3, 0.4) is 0 Å². The molecule has 3 aliphatic heterocycles. The van der Waals surface area contributed by atoms with Crippen molar-refractivity contribution in [3.05, 3.63) is 0 Å². The molecule has 0 aromatic carbocycles. The van der Waals surface area contributed by atoms with Crippen molar-refractivity contribution >= 4 is 17.9 Å². The van der Waals surface area contributed by atoms with Gasteiger partial charge in [-0.15, -0.1) is 0 Å². The zero-order valence-electron chi connectivity index (χ0n) is 14.3. The number of carbonyl (C=O) groups excluding carboxylic acids is 2. The first kappa shape index (κ1) is 16.1. The zero-order chi connectivity index (χ0) is 16.6. The normalized spacial score (nSPS) is 28.7. The fraction of sp³-hybridized carbons (Fsp3) is 0.812. The molecule has 7 nitrogen and oxygen atoms in total. The Labute approximate surface area is 137 Å². The van der Waals surface area contributed by atoms with Gasteiger partial charge < -0.3 is 14.7 Å². The third-order valence-corrected chi connectivity index (χ3v) is 4.79. The molecule has 2 saturated heterocycles. The Bertz CT molecular complexity index is 511. The molecule has 0 saturated carbocycles. The molecule has 3 heterocycles. The van der Waals surface area contributed by atoms with Gasteiger partial charge in [-0.2, -0.15) is 0 Å². The van der Waals surface area contributed by atoms with Gasteiger partial charge in [0.15, 0.2) is 18.2 Å². The van der Waals surface area contributed by atoms with Crippen molar-refractivity contribution in [2.45, 2.75) is 51.7 Å². The summed E-state index contributed by atoms with van der Waals surface area (Å²) in [4.78, 5) is 35.1. The van der Waals surface area contributed by atoms with Gasteiger partial charge >= 0.3 is 6.03 Å². The second-order valence-corrected chi connectivity index (χ2v) is 7.14. The molecule has 0 radical (unpaired) electrons. The molecule has 0 aromatic heterocycles. The number of aliphatic imine (C=N–C) groups is 1. The number of likely N-dealkylation sites (tertiary alicyclic amines) is 1. The molecule has 2 atom stereocenters. The van der Waals surface area contributed by atoms with Gasteiger partial charge in [-0.25, -0.2) is 9.79 Å². The molecule has 3 amide bonds. The van der Waals surface area contributed by atoms with Crippen molar-refractivity contribution in [2.24, 2.45) is 10.9 Å². The molecule has 0 spiro atoms. The van der Waals surface area contributed by atoms with Crippen molar-refractivity contribution in [1.82, 2.24) is 20.0 Å². The maximum Gasteiger partial charge on any atom is 0.325 e. The van der Waals surface area contributed by atoms with Crippen LogP contribution in [0.15, 0.2) is 4.99 Å². The maximum absolute atomic E-state index is 12.4. The van der Waals surface area contributed by atoms with Gasteiger partial charge in [0.25, 0.3) is 5.91 Å². The van der Waals surface area contributed by atoms with E-state index in [9.17, 15) is 9.59 Å². The monoisotopic (exact) mass is 321 g/mol. The van der Waals surface area contributed by atoms with Crippen LogP contribution in [0.1, 0.15) is 39.5 Å². The molecule has 0 aliphatic carbocycles. The summed E-state index contributed by atoms with van der Waals surface area (Å²) in [5, 5.41) is 2.45. The fourth-order valence-corrected chi connectivity index (χ4v) is 3.63. The summed E-state index contributed by atoms with van der Waals surface area (Å²) in [6.45, 7) is 7.01. The number of imide groups is 1. The highest BCUT2D eigenvalue weighted by molar-refractivity contribution is 6.03. The standard InChI is InChI=1S/C16H27N5O2/c1-11(2)10-21-12-13(19(3)16(23)18-14(12)22)17-15(21)20-8-6-4-5-7-9-20/h11-13H,4-10H2,1-3H3,(H,18,22,23). The lowest BCUT2D eigenvalue weighted by molar-refractivity contribution is -0.127. The summed E-state index contributed by atoms with van der Waals surface area (Å²) in [6, 6.07) is -0.764. The van der Waals surface area contributed by atoms with Crippen LogP contribution in [-0.4, -0.2) is 71.5 Å². The van der Waals surface area contributed by atoms with Crippen LogP contribution in [0.25, 0.3) is 0 Å². The van der Waals surface area contributed by atoms with E-state index in [0.29, 0.717) is 5.92 Å². The van der Waals surface area contributed by atoms with E-state index < -0.39 is 12.2 Å². The molecule has 128 valence electrons. The predicted molar refractivity (Wildman–Crippen MR) is 87.9 cm³/mol. The number of rotatable bonds is 2. The highest BCUT2D eigenvalue weighted by Crippen LogP contribution is 2.27. The van der Waals surface area contributed by atoms with E-state index in [-0.39, 0.29) is 11.9 Å². The van der Waals surface area contributed by atoms with E-state index in [4.69, 9.17) is 4.99 Å². The van der Waals surface area contributed by atoms with Crippen LogP contribution in [0.5, 0.6) is 0 Å². The Kier molecular flexibility index (Phi) is 4.46. The van der Waals surface area contributed by atoms with E-state index in [1.165, 1.54) is 12.8 Å². The Morgan fingerprint density at radius 2 is 1.83 bits per heavy atom. The predicted octanol–water partition coefficient (Wildman–Crippen LogP) is 1.07. The SMILES string of the molecule is CC(C)CN1C(N2CCCCCC2)=NC2C1C(=O)NC(=O)N2C. The average Bonchev–Trinajstić information content (AvgIpc) is 2.69. The number of fused-ring (bicyclic) bond motifs is 1. The summed E-state index contributed by atoms with van der Waals surface area (Å²) >= 11 is 0. The van der Waals surface area contributed by atoms with E-state index >= 15 is 0 Å². The molecular formula is C16H27N5O2. The van der Waals surface area contributed by atoms with Crippen LogP contribution in [-0.2, 0) is 4.79 Å². The topological polar surface area (TPSA) is 68.2 Å². The molecule has 1 N–H and O–H groups in total. The second-order valence-electron chi connectivity index (χ2n) is 7.14. The molecule has 23 heavy (non-hydrogen) atoms. The number of nitrogens with zero attached hydrogens (tertiary/aromatic N) is 4. The van der Waals surface area contributed by atoms with Gasteiger partial charge in [-0.1, -0.05) is 26.7 Å². The summed E-state index contributed by atoms with van der Waals surface area (Å²) in [6.07, 6.45) is 4.41. The average molecular weight is 321 g/mol. The van der Waals surface area contributed by atoms with Gasteiger partial charge in [0, 0.05) is 26.7 Å². The highest BCUT2D eigenvalue weighted by Gasteiger charge is 2.49. The zero-order valence-corrected chi connectivity index (χ0v) is 14.3. The van der Waals surface area contributed by atoms with Gasteiger partial charge in [-0.3, -0.25) is 10.1 Å². The molecule has 3 aliphatic rings. The number of carbonyl (C=O) groups is 2. The quantitative estimate of drug-likeness (QED) is 0.826. The second kappa shape index (κ2) is 6.37. The van der Waals surface area contributed by atoms with E-state index in [2.05, 4.69) is 29.0 Å². The Hall–Kier alpha value is -1.79. The van der Waals surface area contributed by atoms with Crippen LogP contribution >= 0.6 is 0 Å². The first-order valence-corrected chi connectivity index (χ1v) is 8.66. The van der Waals surface area contributed by atoms with Crippen LogP contribution in [0.4, 0.5) is 4.79 Å². The molecule has 0 aromatic rings. The fourth-order valence-electron chi connectivity index (χ4n) is 3.63. The number of hydrogen-bond donors (Lipinski definition) is 1. The lowest BCUT2D eigenvalue weighted by atomic mass is 10.1. The van der Waals surface area contributed by atoms with Gasteiger partial charge in [-0.05, 0) is 18.8 Å². The number of urea groups is 1. The number of likely N-dealkylation sites (N-methyl/N-ethyl adjacent to an activating group) is 1. The molecule has 0 bridgehead atoms. The lowest BCUT2D eigenvalue weighted by Crippen LogP contribution is -2.64. The smallest absolute Gasteiger partial charge is 0.325 e. The first-order chi connectivity index (χ1) is 11.0. The Morgan fingerprint density at radius 1 is 1.17 bits per heavy atom. The highest BCUT2D eigenvalue weighted by atomic mass is 16.2. The van der Waals surface area contributed by atoms with E-state index in [0.717, 1.165) is 38.4 Å². The van der Waals surface area contributed by atoms with Crippen molar-refractivity contribution in [3.8, 4) is 0 Å². The lowest BCUT2D eigenvalue weighted by Gasteiger charge is -2.38. The van der Waals surface area contributed by atoms with Gasteiger partial charge in [0.05, 0.1) is 0 Å². The summed E-state index contributed by atoms with van der Waals surface area (Å²) in [5.74, 6) is 1.08. The number of nitrogens with one attached hydrogen (secondary N) is 1. The minimum absolute atomic E-state index is 0.229. The van der Waals surface area contributed by atoms with Crippen molar-refractivity contribution < 1.29 is 9.59 Å². The van der Waals surface area contributed by atoms with Gasteiger partial charge in [0.2, 0.25) is 0 Å².